The molecule has 1 fully saturated rings. The van der Waals surface area contributed by atoms with Crippen LogP contribution in [0.1, 0.15) is 22.8 Å². The summed E-state index contributed by atoms with van der Waals surface area (Å²) in [6, 6.07) is 20.0. The number of ether oxygens (including phenoxy) is 3. The van der Waals surface area contributed by atoms with Crippen molar-refractivity contribution < 1.29 is 34.6 Å². The van der Waals surface area contributed by atoms with Gasteiger partial charge in [0.05, 0.1) is 11.6 Å². The first kappa shape index (κ1) is 26.7. The van der Waals surface area contributed by atoms with E-state index in [0.717, 1.165) is 11.1 Å². The summed E-state index contributed by atoms with van der Waals surface area (Å²) in [7, 11) is 0. The fourth-order valence-electron chi connectivity index (χ4n) is 4.08. The Morgan fingerprint density at radius 2 is 1.50 bits per heavy atom. The topological polar surface area (TPSA) is 109 Å². The maximum atomic E-state index is 10.4. The maximum absolute atomic E-state index is 10.4. The second-order valence-corrected chi connectivity index (χ2v) is 9.36. The van der Waals surface area contributed by atoms with Gasteiger partial charge in [-0.2, -0.15) is 0 Å². The van der Waals surface area contributed by atoms with Crippen LogP contribution in [-0.2, 0) is 11.2 Å². The van der Waals surface area contributed by atoms with Crippen LogP contribution in [0.25, 0.3) is 0 Å². The molecule has 7 nitrogen and oxygen atoms in total. The Morgan fingerprint density at radius 1 is 0.778 bits per heavy atom. The standard InChI is InChI=1S/C27H28Cl2O7/c28-20-10-7-17(27-26(33)25(32)24(31)23(15-30)36-27)14-18(20)13-16-5-8-19(9-6-16)34-11-12-35-22-4-2-1-3-21(22)29/h1-10,14,23-27,30-33H,11-13,15H2/t23-,24-,25+,26-,27+/m1/s1. The Balaban J connectivity index is 1.36. The van der Waals surface area contributed by atoms with Gasteiger partial charge in [-0.05, 0) is 53.4 Å². The number of hydrogen-bond donors (Lipinski definition) is 4. The van der Waals surface area contributed by atoms with Gasteiger partial charge in [0.2, 0.25) is 0 Å². The molecule has 5 atom stereocenters. The minimum Gasteiger partial charge on any atom is -0.490 e. The average molecular weight is 535 g/mol. The van der Waals surface area contributed by atoms with Crippen molar-refractivity contribution in [3.8, 4) is 11.5 Å². The van der Waals surface area contributed by atoms with Crippen molar-refractivity contribution in [1.29, 1.82) is 0 Å². The molecule has 0 amide bonds. The molecule has 4 rings (SSSR count). The molecule has 9 heteroatoms. The normalized spacial score (nSPS) is 23.9. The number of benzene rings is 3. The Bertz CT molecular complexity index is 1140. The minimum absolute atomic E-state index is 0.353. The Morgan fingerprint density at radius 3 is 2.22 bits per heavy atom. The molecule has 1 heterocycles. The van der Waals surface area contributed by atoms with Crippen LogP contribution in [-0.4, -0.2) is 64.7 Å². The fraction of sp³-hybridized carbons (Fsp3) is 0.333. The van der Waals surface area contributed by atoms with Crippen molar-refractivity contribution in [1.82, 2.24) is 0 Å². The quantitative estimate of drug-likeness (QED) is 0.311. The average Bonchev–Trinajstić information content (AvgIpc) is 2.89. The van der Waals surface area contributed by atoms with Crippen LogP contribution >= 0.6 is 23.2 Å². The van der Waals surface area contributed by atoms with Gasteiger partial charge in [0, 0.05) is 5.02 Å². The molecular formula is C27H28Cl2O7. The highest BCUT2D eigenvalue weighted by atomic mass is 35.5. The molecule has 0 unspecified atom stereocenters. The van der Waals surface area contributed by atoms with Crippen LogP contribution in [0.5, 0.6) is 11.5 Å². The lowest BCUT2D eigenvalue weighted by Gasteiger charge is -2.40. The molecule has 0 saturated carbocycles. The van der Waals surface area contributed by atoms with Crippen LogP contribution in [0.3, 0.4) is 0 Å². The third-order valence-electron chi connectivity index (χ3n) is 6.05. The van der Waals surface area contributed by atoms with Crippen LogP contribution in [0.2, 0.25) is 10.0 Å². The van der Waals surface area contributed by atoms with E-state index in [2.05, 4.69) is 0 Å². The van der Waals surface area contributed by atoms with Crippen molar-refractivity contribution in [2.24, 2.45) is 0 Å². The van der Waals surface area contributed by atoms with E-state index < -0.39 is 37.1 Å². The molecule has 0 radical (unpaired) electrons. The van der Waals surface area contributed by atoms with Gasteiger partial charge >= 0.3 is 0 Å². The van der Waals surface area contributed by atoms with E-state index in [1.54, 1.807) is 30.3 Å². The molecule has 192 valence electrons. The first-order chi connectivity index (χ1) is 17.4. The van der Waals surface area contributed by atoms with Crippen molar-refractivity contribution in [3.63, 3.8) is 0 Å². The fourth-order valence-corrected chi connectivity index (χ4v) is 4.46. The second-order valence-electron chi connectivity index (χ2n) is 8.55. The van der Waals surface area contributed by atoms with E-state index in [-0.39, 0.29) is 0 Å². The van der Waals surface area contributed by atoms with Gasteiger partial charge in [-0.25, -0.2) is 0 Å². The van der Waals surface area contributed by atoms with Crippen LogP contribution < -0.4 is 9.47 Å². The van der Waals surface area contributed by atoms with Crippen molar-refractivity contribution in [3.05, 3.63) is 93.5 Å². The molecule has 0 spiro atoms. The molecule has 36 heavy (non-hydrogen) atoms. The zero-order valence-electron chi connectivity index (χ0n) is 19.3. The minimum atomic E-state index is -1.44. The molecule has 0 aliphatic carbocycles. The van der Waals surface area contributed by atoms with Gasteiger partial charge in [0.1, 0.15) is 55.2 Å². The zero-order valence-corrected chi connectivity index (χ0v) is 20.8. The lowest BCUT2D eigenvalue weighted by atomic mass is 9.90. The first-order valence-corrected chi connectivity index (χ1v) is 12.3. The third-order valence-corrected chi connectivity index (χ3v) is 6.74. The number of aliphatic hydroxyl groups is 4. The van der Waals surface area contributed by atoms with Gasteiger partial charge in [0.15, 0.2) is 0 Å². The van der Waals surface area contributed by atoms with Gasteiger partial charge in [-0.1, -0.05) is 59.6 Å². The number of halogens is 2. The summed E-state index contributed by atoms with van der Waals surface area (Å²) in [4.78, 5) is 0. The first-order valence-electron chi connectivity index (χ1n) is 11.5. The zero-order chi connectivity index (χ0) is 25.7. The highest BCUT2D eigenvalue weighted by Crippen LogP contribution is 2.34. The van der Waals surface area contributed by atoms with Crippen LogP contribution in [0.4, 0.5) is 0 Å². The monoisotopic (exact) mass is 534 g/mol. The van der Waals surface area contributed by atoms with Crippen molar-refractivity contribution in [2.75, 3.05) is 19.8 Å². The van der Waals surface area contributed by atoms with Gasteiger partial charge < -0.3 is 34.6 Å². The summed E-state index contributed by atoms with van der Waals surface area (Å²) >= 11 is 12.5. The van der Waals surface area contributed by atoms with E-state index in [1.807, 2.05) is 36.4 Å². The highest BCUT2D eigenvalue weighted by Gasteiger charge is 2.44. The summed E-state index contributed by atoms with van der Waals surface area (Å²) in [5.74, 6) is 1.31. The molecule has 1 aliphatic heterocycles. The molecule has 1 saturated heterocycles. The SMILES string of the molecule is OC[C@H]1O[C@@H](c2ccc(Cl)c(Cc3ccc(OCCOc4ccccc4Cl)cc3)c2)[C@H](O)[C@@H](O)[C@@H]1O. The molecule has 3 aromatic carbocycles. The van der Waals surface area contributed by atoms with E-state index in [9.17, 15) is 20.4 Å². The maximum Gasteiger partial charge on any atom is 0.138 e. The summed E-state index contributed by atoms with van der Waals surface area (Å²) in [6.07, 6.45) is -5.58. The molecule has 4 N–H and O–H groups in total. The predicted octanol–water partition coefficient (Wildman–Crippen LogP) is 3.56. The number of rotatable bonds is 9. The Hall–Kier alpha value is -2.36. The summed E-state index contributed by atoms with van der Waals surface area (Å²) in [5.41, 5.74) is 2.38. The lowest BCUT2D eigenvalue weighted by Crippen LogP contribution is -2.55. The number of para-hydroxylation sites is 1. The smallest absolute Gasteiger partial charge is 0.138 e. The van der Waals surface area contributed by atoms with Crippen molar-refractivity contribution in [2.45, 2.75) is 36.9 Å². The van der Waals surface area contributed by atoms with Crippen molar-refractivity contribution >= 4 is 23.2 Å². The van der Waals surface area contributed by atoms with E-state index in [1.165, 1.54) is 0 Å². The predicted molar refractivity (Wildman–Crippen MR) is 136 cm³/mol. The number of hydrogen-bond acceptors (Lipinski definition) is 7. The molecule has 3 aromatic rings. The molecule has 1 aliphatic rings. The third kappa shape index (κ3) is 6.30. The van der Waals surface area contributed by atoms with Gasteiger partial charge in [0.25, 0.3) is 0 Å². The number of aliphatic hydroxyl groups excluding tert-OH is 4. The summed E-state index contributed by atoms with van der Waals surface area (Å²) < 4.78 is 17.0. The van der Waals surface area contributed by atoms with Gasteiger partial charge in [-0.3, -0.25) is 0 Å². The van der Waals surface area contributed by atoms with E-state index >= 15 is 0 Å². The second kappa shape index (κ2) is 12.3. The lowest BCUT2D eigenvalue weighted by molar-refractivity contribution is -0.231. The van der Waals surface area contributed by atoms with Gasteiger partial charge in [-0.15, -0.1) is 0 Å². The molecule has 0 aromatic heterocycles. The van der Waals surface area contributed by atoms with Crippen LogP contribution in [0, 0.1) is 0 Å². The Kier molecular flexibility index (Phi) is 9.09. The van der Waals surface area contributed by atoms with Crippen LogP contribution in [0.15, 0.2) is 66.7 Å². The molecule has 0 bridgehead atoms. The Labute approximate surface area is 219 Å². The summed E-state index contributed by atoms with van der Waals surface area (Å²) in [6.45, 7) is 0.228. The van der Waals surface area contributed by atoms with E-state index in [0.29, 0.717) is 46.7 Å². The molecular weight excluding hydrogens is 507 g/mol. The highest BCUT2D eigenvalue weighted by molar-refractivity contribution is 6.32. The van der Waals surface area contributed by atoms with E-state index in [4.69, 9.17) is 37.4 Å². The largest absolute Gasteiger partial charge is 0.490 e. The summed E-state index contributed by atoms with van der Waals surface area (Å²) in [5, 5.41) is 41.1.